The van der Waals surface area contributed by atoms with Crippen LogP contribution in [0.1, 0.15) is 30.6 Å². The van der Waals surface area contributed by atoms with Crippen LogP contribution in [0.5, 0.6) is 0 Å². The lowest BCUT2D eigenvalue weighted by atomic mass is 10.2. The molecule has 1 saturated heterocycles. The van der Waals surface area contributed by atoms with Crippen LogP contribution in [0.25, 0.3) is 11.0 Å². The van der Waals surface area contributed by atoms with Gasteiger partial charge in [0.1, 0.15) is 11.9 Å². The van der Waals surface area contributed by atoms with Crippen molar-refractivity contribution in [1.82, 2.24) is 14.5 Å². The molecule has 0 radical (unpaired) electrons. The monoisotopic (exact) mass is 311 g/mol. The van der Waals surface area contributed by atoms with E-state index in [2.05, 4.69) is 4.98 Å². The second kappa shape index (κ2) is 4.93. The number of hydrogen-bond donors (Lipinski definition) is 0. The van der Waals surface area contributed by atoms with E-state index in [0.717, 1.165) is 29.8 Å². The maximum absolute atomic E-state index is 12.3. The van der Waals surface area contributed by atoms with Gasteiger partial charge in [0.15, 0.2) is 0 Å². The highest BCUT2D eigenvalue weighted by Gasteiger charge is 2.33. The van der Waals surface area contributed by atoms with E-state index in [1.807, 2.05) is 30.7 Å². The molecule has 2 unspecified atom stereocenters. The van der Waals surface area contributed by atoms with E-state index in [1.54, 1.807) is 11.0 Å². The molecule has 0 saturated carbocycles. The van der Waals surface area contributed by atoms with Crippen LogP contribution < -0.4 is 0 Å². The van der Waals surface area contributed by atoms with Gasteiger partial charge in [-0.2, -0.15) is 0 Å². The van der Waals surface area contributed by atoms with E-state index >= 15 is 0 Å². The first-order valence-electron chi connectivity index (χ1n) is 6.55. The SMILES string of the molecule is CC(Cl)c1nc2cc(Cl)ccc2n1C1CCN(C)C1=O. The summed E-state index contributed by atoms with van der Waals surface area (Å²) in [4.78, 5) is 18.6. The fraction of sp³-hybridized carbons (Fsp3) is 0.429. The van der Waals surface area contributed by atoms with Crippen LogP contribution in [0.15, 0.2) is 18.2 Å². The number of rotatable bonds is 2. The molecular formula is C14H15Cl2N3O. The second-order valence-electron chi connectivity index (χ2n) is 5.15. The van der Waals surface area contributed by atoms with Crippen molar-refractivity contribution in [3.8, 4) is 0 Å². The molecular weight excluding hydrogens is 297 g/mol. The Bertz CT molecular complexity index is 680. The maximum Gasteiger partial charge on any atom is 0.245 e. The standard InChI is InChI=1S/C14H15Cl2N3O/c1-8(15)13-17-10-7-9(16)3-4-11(10)19(13)12-5-6-18(2)14(12)20/h3-4,7-8,12H,5-6H2,1-2H3. The van der Waals surface area contributed by atoms with Gasteiger partial charge in [0.05, 0.1) is 16.4 Å². The number of hydrogen-bond acceptors (Lipinski definition) is 2. The number of aromatic nitrogens is 2. The first kappa shape index (κ1) is 13.7. The molecule has 0 aliphatic carbocycles. The minimum Gasteiger partial charge on any atom is -0.344 e. The van der Waals surface area contributed by atoms with Crippen molar-refractivity contribution in [3.05, 3.63) is 29.0 Å². The highest BCUT2D eigenvalue weighted by atomic mass is 35.5. The van der Waals surface area contributed by atoms with E-state index in [-0.39, 0.29) is 17.3 Å². The fourth-order valence-corrected chi connectivity index (χ4v) is 3.06. The van der Waals surface area contributed by atoms with Crippen LogP contribution in [0.4, 0.5) is 0 Å². The summed E-state index contributed by atoms with van der Waals surface area (Å²) >= 11 is 12.3. The van der Waals surface area contributed by atoms with Gasteiger partial charge in [-0.05, 0) is 31.5 Å². The minimum absolute atomic E-state index is 0.109. The molecule has 2 atom stereocenters. The van der Waals surface area contributed by atoms with Crippen LogP contribution >= 0.6 is 23.2 Å². The Morgan fingerprint density at radius 1 is 1.45 bits per heavy atom. The van der Waals surface area contributed by atoms with Gasteiger partial charge in [-0.15, -0.1) is 11.6 Å². The van der Waals surface area contributed by atoms with Crippen LogP contribution in [-0.2, 0) is 4.79 Å². The van der Waals surface area contributed by atoms with Gasteiger partial charge in [-0.3, -0.25) is 4.79 Å². The van der Waals surface area contributed by atoms with Gasteiger partial charge < -0.3 is 9.47 Å². The van der Waals surface area contributed by atoms with Crippen LogP contribution in [0.3, 0.4) is 0 Å². The summed E-state index contributed by atoms with van der Waals surface area (Å²) in [6.45, 7) is 2.62. The Morgan fingerprint density at radius 2 is 2.20 bits per heavy atom. The van der Waals surface area contributed by atoms with Crippen molar-refractivity contribution in [3.63, 3.8) is 0 Å². The number of benzene rings is 1. The Hall–Kier alpha value is -1.26. The quantitative estimate of drug-likeness (QED) is 0.797. The number of nitrogens with zero attached hydrogens (tertiary/aromatic N) is 3. The van der Waals surface area contributed by atoms with E-state index < -0.39 is 0 Å². The lowest BCUT2D eigenvalue weighted by Gasteiger charge is -2.16. The van der Waals surface area contributed by atoms with Crippen molar-refractivity contribution >= 4 is 40.1 Å². The first-order chi connectivity index (χ1) is 9.49. The molecule has 0 spiro atoms. The molecule has 20 heavy (non-hydrogen) atoms. The molecule has 1 aromatic carbocycles. The number of alkyl halides is 1. The molecule has 4 nitrogen and oxygen atoms in total. The number of carbonyl (C=O) groups is 1. The summed E-state index contributed by atoms with van der Waals surface area (Å²) in [5.74, 6) is 0.829. The van der Waals surface area contributed by atoms with E-state index in [0.29, 0.717) is 5.02 Å². The zero-order valence-electron chi connectivity index (χ0n) is 11.3. The average Bonchev–Trinajstić information content (AvgIpc) is 2.91. The lowest BCUT2D eigenvalue weighted by molar-refractivity contribution is -0.129. The summed E-state index contributed by atoms with van der Waals surface area (Å²) < 4.78 is 1.97. The first-order valence-corrected chi connectivity index (χ1v) is 7.37. The van der Waals surface area contributed by atoms with E-state index in [9.17, 15) is 4.79 Å². The van der Waals surface area contributed by atoms with Crippen LogP contribution in [-0.4, -0.2) is 34.0 Å². The number of carbonyl (C=O) groups excluding carboxylic acids is 1. The molecule has 3 rings (SSSR count). The number of imidazole rings is 1. The Morgan fingerprint density at radius 3 is 2.80 bits per heavy atom. The number of amides is 1. The van der Waals surface area contributed by atoms with Gasteiger partial charge in [0, 0.05) is 18.6 Å². The molecule has 1 amide bonds. The zero-order valence-corrected chi connectivity index (χ0v) is 12.8. The second-order valence-corrected chi connectivity index (χ2v) is 6.24. The van der Waals surface area contributed by atoms with Gasteiger partial charge in [-0.1, -0.05) is 11.6 Å². The molecule has 2 heterocycles. The molecule has 1 aromatic heterocycles. The smallest absolute Gasteiger partial charge is 0.245 e. The molecule has 1 fully saturated rings. The molecule has 0 N–H and O–H groups in total. The van der Waals surface area contributed by atoms with Gasteiger partial charge >= 0.3 is 0 Å². The number of fused-ring (bicyclic) bond motifs is 1. The van der Waals surface area contributed by atoms with Crippen molar-refractivity contribution in [2.24, 2.45) is 0 Å². The van der Waals surface area contributed by atoms with Crippen molar-refractivity contribution in [2.45, 2.75) is 24.8 Å². The van der Waals surface area contributed by atoms with Crippen LogP contribution in [0, 0.1) is 0 Å². The molecule has 1 aliphatic heterocycles. The lowest BCUT2D eigenvalue weighted by Crippen LogP contribution is -2.25. The third-order valence-corrected chi connectivity index (χ3v) is 4.18. The Labute approximate surface area is 127 Å². The fourth-order valence-electron chi connectivity index (χ4n) is 2.74. The molecule has 0 bridgehead atoms. The van der Waals surface area contributed by atoms with Crippen molar-refractivity contribution in [1.29, 1.82) is 0 Å². The highest BCUT2D eigenvalue weighted by molar-refractivity contribution is 6.31. The summed E-state index contributed by atoms with van der Waals surface area (Å²) in [7, 11) is 1.82. The normalized spacial score (nSPS) is 20.9. The van der Waals surface area contributed by atoms with Crippen molar-refractivity contribution in [2.75, 3.05) is 13.6 Å². The van der Waals surface area contributed by atoms with Gasteiger partial charge in [-0.25, -0.2) is 4.98 Å². The number of halogens is 2. The topological polar surface area (TPSA) is 38.1 Å². The van der Waals surface area contributed by atoms with E-state index in [1.165, 1.54) is 0 Å². The van der Waals surface area contributed by atoms with E-state index in [4.69, 9.17) is 23.2 Å². The summed E-state index contributed by atoms with van der Waals surface area (Å²) in [5, 5.41) is 0.366. The number of likely N-dealkylation sites (tertiary alicyclic amines) is 1. The number of likely N-dealkylation sites (N-methyl/N-ethyl adjacent to an activating group) is 1. The minimum atomic E-state index is -0.264. The Balaban J connectivity index is 2.22. The largest absolute Gasteiger partial charge is 0.344 e. The third-order valence-electron chi connectivity index (χ3n) is 3.75. The predicted octanol–water partition coefficient (Wildman–Crippen LogP) is 3.39. The zero-order chi connectivity index (χ0) is 14.4. The van der Waals surface area contributed by atoms with Crippen LogP contribution in [0.2, 0.25) is 5.02 Å². The third kappa shape index (κ3) is 2.07. The van der Waals surface area contributed by atoms with Gasteiger partial charge in [0.25, 0.3) is 0 Å². The molecule has 2 aromatic rings. The van der Waals surface area contributed by atoms with Gasteiger partial charge in [0.2, 0.25) is 5.91 Å². The molecule has 106 valence electrons. The summed E-state index contributed by atoms with van der Waals surface area (Å²) in [5.41, 5.74) is 1.69. The maximum atomic E-state index is 12.3. The highest BCUT2D eigenvalue weighted by Crippen LogP contribution is 2.33. The Kier molecular flexibility index (Phi) is 3.38. The summed E-state index contributed by atoms with van der Waals surface area (Å²) in [6.07, 6.45) is 0.778. The predicted molar refractivity (Wildman–Crippen MR) is 80.3 cm³/mol. The summed E-state index contributed by atoms with van der Waals surface area (Å²) in [6, 6.07) is 5.30. The molecule has 6 heteroatoms. The van der Waals surface area contributed by atoms with Crippen molar-refractivity contribution < 1.29 is 4.79 Å². The molecule has 1 aliphatic rings. The average molecular weight is 312 g/mol.